The van der Waals surface area contributed by atoms with Crippen molar-refractivity contribution in [2.75, 3.05) is 13.2 Å². The molecule has 0 bridgehead atoms. The van der Waals surface area contributed by atoms with Gasteiger partial charge in [-0.25, -0.2) is 4.98 Å². The number of aliphatic hydroxyl groups excluding tert-OH is 1. The Hall–Kier alpha value is -0.910. The Morgan fingerprint density at radius 2 is 2.25 bits per heavy atom. The first kappa shape index (κ1) is 13.2. The molecule has 5 heteroatoms. The minimum Gasteiger partial charge on any atom is -0.396 e. The van der Waals surface area contributed by atoms with Crippen LogP contribution in [0.1, 0.15) is 25.6 Å². The van der Waals surface area contributed by atoms with Gasteiger partial charge in [-0.2, -0.15) is 0 Å². The Kier molecular flexibility index (Phi) is 4.92. The second-order valence-electron chi connectivity index (χ2n) is 4.33. The highest BCUT2D eigenvalue weighted by molar-refractivity contribution is 5.05. The van der Waals surface area contributed by atoms with Gasteiger partial charge >= 0.3 is 0 Å². The van der Waals surface area contributed by atoms with Crippen LogP contribution in [0, 0.1) is 5.92 Å². The zero-order chi connectivity index (χ0) is 12.1. The number of nitrogens with zero attached hydrogens (tertiary/aromatic N) is 2. The largest absolute Gasteiger partial charge is 0.396 e. The van der Waals surface area contributed by atoms with Crippen molar-refractivity contribution in [1.82, 2.24) is 14.9 Å². The summed E-state index contributed by atoms with van der Waals surface area (Å²) in [6.07, 6.45) is 3.58. The first-order valence-electron chi connectivity index (χ1n) is 5.63. The van der Waals surface area contributed by atoms with Crippen molar-refractivity contribution in [2.45, 2.75) is 25.9 Å². The maximum absolute atomic E-state index is 9.09. The van der Waals surface area contributed by atoms with E-state index in [9.17, 15) is 0 Å². The summed E-state index contributed by atoms with van der Waals surface area (Å²) in [5.41, 5.74) is 6.83. The molecule has 1 aromatic rings. The van der Waals surface area contributed by atoms with E-state index in [1.165, 1.54) is 0 Å². The lowest BCUT2D eigenvalue weighted by Gasteiger charge is -2.25. The van der Waals surface area contributed by atoms with Crippen molar-refractivity contribution in [3.63, 3.8) is 0 Å². The molecule has 1 heterocycles. The van der Waals surface area contributed by atoms with Gasteiger partial charge in [0.25, 0.3) is 0 Å². The molecule has 0 aliphatic carbocycles. The Morgan fingerprint density at radius 1 is 1.56 bits per heavy atom. The molecule has 1 rings (SSSR count). The van der Waals surface area contributed by atoms with Crippen molar-refractivity contribution < 1.29 is 5.11 Å². The molecular weight excluding hydrogens is 204 g/mol. The normalized spacial score (nSPS) is 17.1. The summed E-state index contributed by atoms with van der Waals surface area (Å²) in [7, 11) is 1.95. The van der Waals surface area contributed by atoms with E-state index in [4.69, 9.17) is 10.8 Å². The van der Waals surface area contributed by atoms with Crippen LogP contribution in [0.15, 0.2) is 12.5 Å². The molecule has 4 N–H and O–H groups in total. The van der Waals surface area contributed by atoms with Crippen molar-refractivity contribution in [3.05, 3.63) is 18.2 Å². The standard InChI is InChI=1S/C11H22N4O/c1-8(6-16)9(2)14-10(4-12)11-5-13-7-15(11)3/h5,7-10,14,16H,4,6,12H2,1-3H3. The third-order valence-corrected chi connectivity index (χ3v) is 3.05. The number of hydrogen-bond acceptors (Lipinski definition) is 4. The van der Waals surface area contributed by atoms with Gasteiger partial charge in [0.1, 0.15) is 0 Å². The average molecular weight is 226 g/mol. The van der Waals surface area contributed by atoms with E-state index in [1.807, 2.05) is 24.7 Å². The van der Waals surface area contributed by atoms with Gasteiger partial charge in [0, 0.05) is 32.4 Å². The summed E-state index contributed by atoms with van der Waals surface area (Å²) in [6.45, 7) is 4.76. The summed E-state index contributed by atoms with van der Waals surface area (Å²) >= 11 is 0. The first-order chi connectivity index (χ1) is 7.60. The minimum atomic E-state index is 0.0801. The lowest BCUT2D eigenvalue weighted by molar-refractivity contribution is 0.200. The molecule has 92 valence electrons. The Balaban J connectivity index is 2.66. The van der Waals surface area contributed by atoms with Gasteiger partial charge in [-0.3, -0.25) is 0 Å². The van der Waals surface area contributed by atoms with Crippen LogP contribution in [0.3, 0.4) is 0 Å². The van der Waals surface area contributed by atoms with Crippen molar-refractivity contribution in [1.29, 1.82) is 0 Å². The van der Waals surface area contributed by atoms with E-state index in [0.717, 1.165) is 5.69 Å². The van der Waals surface area contributed by atoms with Gasteiger partial charge in [0.2, 0.25) is 0 Å². The van der Waals surface area contributed by atoms with Crippen LogP contribution in [0.4, 0.5) is 0 Å². The highest BCUT2D eigenvalue weighted by atomic mass is 16.3. The SMILES string of the molecule is CC(CO)C(C)NC(CN)c1cncn1C. The Labute approximate surface area is 96.7 Å². The second kappa shape index (κ2) is 5.98. The zero-order valence-electron chi connectivity index (χ0n) is 10.2. The first-order valence-corrected chi connectivity index (χ1v) is 5.63. The van der Waals surface area contributed by atoms with Crippen LogP contribution < -0.4 is 11.1 Å². The maximum atomic E-state index is 9.09. The third-order valence-electron chi connectivity index (χ3n) is 3.05. The molecule has 3 atom stereocenters. The molecule has 1 aromatic heterocycles. The molecule has 5 nitrogen and oxygen atoms in total. The van der Waals surface area contributed by atoms with E-state index in [1.54, 1.807) is 6.33 Å². The summed E-state index contributed by atoms with van der Waals surface area (Å²) in [4.78, 5) is 4.08. The van der Waals surface area contributed by atoms with Crippen molar-refractivity contribution >= 4 is 0 Å². The molecule has 0 fully saturated rings. The number of hydrogen-bond donors (Lipinski definition) is 3. The molecular formula is C11H22N4O. The summed E-state index contributed by atoms with van der Waals surface area (Å²) in [5.74, 6) is 0.210. The molecule has 0 amide bonds. The van der Waals surface area contributed by atoms with Crippen LogP contribution in [0.2, 0.25) is 0 Å². The lowest BCUT2D eigenvalue weighted by atomic mass is 10.0. The van der Waals surface area contributed by atoms with E-state index in [0.29, 0.717) is 6.54 Å². The van der Waals surface area contributed by atoms with Crippen molar-refractivity contribution in [2.24, 2.45) is 18.7 Å². The number of aliphatic hydroxyl groups is 1. The zero-order valence-corrected chi connectivity index (χ0v) is 10.2. The Bertz CT molecular complexity index is 313. The molecule has 0 saturated heterocycles. The van der Waals surface area contributed by atoms with E-state index in [2.05, 4.69) is 17.2 Å². The van der Waals surface area contributed by atoms with Gasteiger partial charge in [0.05, 0.1) is 18.1 Å². The molecule has 3 unspecified atom stereocenters. The maximum Gasteiger partial charge on any atom is 0.0946 e. The van der Waals surface area contributed by atoms with Crippen LogP contribution >= 0.6 is 0 Å². The molecule has 0 aliphatic rings. The number of rotatable bonds is 6. The lowest BCUT2D eigenvalue weighted by Crippen LogP contribution is -2.40. The number of imidazole rings is 1. The minimum absolute atomic E-state index is 0.0801. The molecule has 16 heavy (non-hydrogen) atoms. The monoisotopic (exact) mass is 226 g/mol. The van der Waals surface area contributed by atoms with Gasteiger partial charge in [-0.15, -0.1) is 0 Å². The fraction of sp³-hybridized carbons (Fsp3) is 0.727. The van der Waals surface area contributed by atoms with Crippen LogP contribution in [-0.2, 0) is 7.05 Å². The average Bonchev–Trinajstić information content (AvgIpc) is 2.70. The predicted octanol–water partition coefficient (Wildman–Crippen LogP) is 0.0264. The third kappa shape index (κ3) is 3.04. The Morgan fingerprint density at radius 3 is 2.69 bits per heavy atom. The second-order valence-corrected chi connectivity index (χ2v) is 4.33. The topological polar surface area (TPSA) is 76.1 Å². The van der Waals surface area contributed by atoms with Crippen LogP contribution in [0.5, 0.6) is 0 Å². The summed E-state index contributed by atoms with van der Waals surface area (Å²) < 4.78 is 1.96. The fourth-order valence-electron chi connectivity index (χ4n) is 1.62. The fourth-order valence-corrected chi connectivity index (χ4v) is 1.62. The smallest absolute Gasteiger partial charge is 0.0946 e. The van der Waals surface area contributed by atoms with Gasteiger partial charge in [-0.05, 0) is 12.8 Å². The summed E-state index contributed by atoms with van der Waals surface area (Å²) in [5, 5.41) is 12.5. The summed E-state index contributed by atoms with van der Waals surface area (Å²) in [6, 6.07) is 0.296. The number of nitrogens with one attached hydrogen (secondary N) is 1. The van der Waals surface area contributed by atoms with Gasteiger partial charge in [-0.1, -0.05) is 6.92 Å². The van der Waals surface area contributed by atoms with Gasteiger partial charge in [0.15, 0.2) is 0 Å². The molecule has 0 radical (unpaired) electrons. The highest BCUT2D eigenvalue weighted by Gasteiger charge is 2.18. The molecule has 0 saturated carbocycles. The van der Waals surface area contributed by atoms with Crippen LogP contribution in [-0.4, -0.2) is 33.9 Å². The van der Waals surface area contributed by atoms with Gasteiger partial charge < -0.3 is 20.7 Å². The van der Waals surface area contributed by atoms with Crippen molar-refractivity contribution in [3.8, 4) is 0 Å². The highest BCUT2D eigenvalue weighted by Crippen LogP contribution is 2.13. The van der Waals surface area contributed by atoms with E-state index < -0.39 is 0 Å². The molecule has 0 aromatic carbocycles. The van der Waals surface area contributed by atoms with E-state index >= 15 is 0 Å². The van der Waals surface area contributed by atoms with E-state index in [-0.39, 0.29) is 24.6 Å². The quantitative estimate of drug-likeness (QED) is 0.639. The molecule has 0 aliphatic heterocycles. The number of nitrogens with two attached hydrogens (primary N) is 1. The predicted molar refractivity (Wildman–Crippen MR) is 63.9 cm³/mol. The van der Waals surface area contributed by atoms with Crippen LogP contribution in [0.25, 0.3) is 0 Å². The number of aryl methyl sites for hydroxylation is 1. The molecule has 0 spiro atoms. The number of aromatic nitrogens is 2.